The highest BCUT2D eigenvalue weighted by Crippen LogP contribution is 2.41. The van der Waals surface area contributed by atoms with E-state index in [-0.39, 0.29) is 36.2 Å². The first-order valence-corrected chi connectivity index (χ1v) is 12.2. The number of aliphatic hydroxyl groups is 2. The first-order chi connectivity index (χ1) is 16.3. The summed E-state index contributed by atoms with van der Waals surface area (Å²) in [6.45, 7) is 2.57. The van der Waals surface area contributed by atoms with Crippen LogP contribution in [0.5, 0.6) is 5.75 Å². The molecule has 0 radical (unpaired) electrons. The quantitative estimate of drug-likeness (QED) is 0.396. The Kier molecular flexibility index (Phi) is 10.2. The van der Waals surface area contributed by atoms with Gasteiger partial charge in [0.1, 0.15) is 12.7 Å². The second-order valence-electron chi connectivity index (χ2n) is 9.15. The van der Waals surface area contributed by atoms with Crippen LogP contribution in [0.25, 0.3) is 0 Å². The topological polar surface area (TPSA) is 105 Å². The van der Waals surface area contributed by atoms with E-state index in [1.807, 2.05) is 6.92 Å². The Labute approximate surface area is 204 Å². The highest BCUT2D eigenvalue weighted by atomic mass is 35.5. The summed E-state index contributed by atoms with van der Waals surface area (Å²) in [5.74, 6) is -1.54. The van der Waals surface area contributed by atoms with E-state index in [2.05, 4.69) is 0 Å². The van der Waals surface area contributed by atoms with Crippen LogP contribution in [0.3, 0.4) is 0 Å². The van der Waals surface area contributed by atoms with Crippen LogP contribution in [0.1, 0.15) is 39.0 Å². The lowest BCUT2D eigenvalue weighted by Gasteiger charge is -2.21. The number of carbonyl (C=O) groups is 1. The minimum atomic E-state index is -0.982. The fourth-order valence-corrected chi connectivity index (χ4v) is 4.88. The number of carboxylic acids is 1. The molecular formula is C25H34ClFO7. The maximum Gasteiger partial charge on any atom is 0.332 e. The molecule has 1 heterocycles. The number of ether oxygens (including phenoxy) is 3. The number of rotatable bonds is 11. The van der Waals surface area contributed by atoms with Crippen molar-refractivity contribution in [3.8, 4) is 5.75 Å². The van der Waals surface area contributed by atoms with E-state index >= 15 is 0 Å². The fourth-order valence-electron chi connectivity index (χ4n) is 4.71. The van der Waals surface area contributed by atoms with Gasteiger partial charge in [-0.3, -0.25) is 0 Å². The smallest absolute Gasteiger partial charge is 0.332 e. The van der Waals surface area contributed by atoms with Crippen molar-refractivity contribution in [2.24, 2.45) is 17.8 Å². The average Bonchev–Trinajstić information content (AvgIpc) is 2.96. The molecule has 2 aliphatic rings. The van der Waals surface area contributed by atoms with Gasteiger partial charge in [0.25, 0.3) is 0 Å². The average molecular weight is 501 g/mol. The molecule has 1 aromatic carbocycles. The van der Waals surface area contributed by atoms with Crippen molar-refractivity contribution in [2.45, 2.75) is 63.4 Å². The zero-order valence-corrected chi connectivity index (χ0v) is 20.1. The molecule has 1 saturated heterocycles. The van der Waals surface area contributed by atoms with Crippen LogP contribution >= 0.6 is 11.6 Å². The van der Waals surface area contributed by atoms with Crippen LogP contribution in [0.4, 0.5) is 4.39 Å². The Bertz CT molecular complexity index is 835. The molecule has 7 nitrogen and oxygen atoms in total. The van der Waals surface area contributed by atoms with Gasteiger partial charge in [0.15, 0.2) is 17.7 Å². The van der Waals surface area contributed by atoms with Gasteiger partial charge in [-0.25, -0.2) is 9.18 Å². The summed E-state index contributed by atoms with van der Waals surface area (Å²) in [5, 5.41) is 30.4. The van der Waals surface area contributed by atoms with Crippen LogP contribution in [-0.4, -0.2) is 65.5 Å². The summed E-state index contributed by atoms with van der Waals surface area (Å²) in [7, 11) is 0. The van der Waals surface area contributed by atoms with Gasteiger partial charge in [-0.1, -0.05) is 37.1 Å². The van der Waals surface area contributed by atoms with Crippen LogP contribution in [0, 0.1) is 23.6 Å². The Hall–Kier alpha value is -1.71. The molecule has 9 heteroatoms. The van der Waals surface area contributed by atoms with Gasteiger partial charge in [0.05, 0.1) is 25.4 Å². The molecule has 34 heavy (non-hydrogen) atoms. The Morgan fingerprint density at radius 3 is 2.91 bits per heavy atom. The van der Waals surface area contributed by atoms with Crippen LogP contribution in [0.2, 0.25) is 5.02 Å². The molecule has 1 aliphatic heterocycles. The van der Waals surface area contributed by atoms with Crippen molar-refractivity contribution < 1.29 is 38.7 Å². The van der Waals surface area contributed by atoms with E-state index in [0.717, 1.165) is 19.3 Å². The molecule has 3 N–H and O–H groups in total. The molecule has 1 saturated carbocycles. The van der Waals surface area contributed by atoms with Crippen molar-refractivity contribution >= 4 is 17.6 Å². The van der Waals surface area contributed by atoms with E-state index in [4.69, 9.17) is 25.8 Å². The molecule has 3 rings (SSSR count). The van der Waals surface area contributed by atoms with Gasteiger partial charge in [-0.05, 0) is 37.3 Å². The standard InChI is InChI=1S/C25H34ClFO7/c1-2-3-22(25(30)31)32-12-15-4-7-19-18(21(29)11-23(19)33-13-15)8-6-17(28)14-34-24-10-16(26)5-9-20(24)27/h5-6,8-10,15,17-19,21-23,28-29H,2-4,7,11-14H2,1H3,(H,30,31)/t15-,17+,18+,19+,21+,22?,23-/m0/s1. The normalized spacial score (nSPS) is 28.9. The number of halogens is 2. The van der Waals surface area contributed by atoms with Gasteiger partial charge in [0, 0.05) is 29.3 Å². The maximum absolute atomic E-state index is 13.8. The summed E-state index contributed by atoms with van der Waals surface area (Å²) < 4.78 is 30.8. The summed E-state index contributed by atoms with van der Waals surface area (Å²) in [6, 6.07) is 3.96. The van der Waals surface area contributed by atoms with Crippen molar-refractivity contribution in [3.05, 3.63) is 41.2 Å². The monoisotopic (exact) mass is 500 g/mol. The van der Waals surface area contributed by atoms with Gasteiger partial charge in [-0.2, -0.15) is 0 Å². The molecular weight excluding hydrogens is 467 g/mol. The molecule has 1 aliphatic carbocycles. The highest BCUT2D eigenvalue weighted by Gasteiger charge is 2.43. The summed E-state index contributed by atoms with van der Waals surface area (Å²) in [5.41, 5.74) is 0. The third-order valence-electron chi connectivity index (χ3n) is 6.56. The lowest BCUT2D eigenvalue weighted by Crippen LogP contribution is -2.27. The maximum atomic E-state index is 13.8. The molecule has 0 aromatic heterocycles. The molecule has 0 bridgehead atoms. The molecule has 1 unspecified atom stereocenters. The predicted molar refractivity (Wildman–Crippen MR) is 124 cm³/mol. The second kappa shape index (κ2) is 12.8. The van der Waals surface area contributed by atoms with Crippen LogP contribution < -0.4 is 4.74 Å². The fraction of sp³-hybridized carbons (Fsp3) is 0.640. The first-order valence-electron chi connectivity index (χ1n) is 11.9. The first kappa shape index (κ1) is 26.9. The zero-order chi connectivity index (χ0) is 24.7. The Morgan fingerprint density at radius 2 is 2.18 bits per heavy atom. The molecule has 1 aromatic rings. The van der Waals surface area contributed by atoms with E-state index in [1.54, 1.807) is 12.2 Å². The number of aliphatic carboxylic acids is 1. The number of benzene rings is 1. The molecule has 2 fully saturated rings. The van der Waals surface area contributed by atoms with E-state index in [0.29, 0.717) is 31.1 Å². The summed E-state index contributed by atoms with van der Waals surface area (Å²) >= 11 is 5.85. The molecule has 0 amide bonds. The Balaban J connectivity index is 1.51. The SMILES string of the molecule is CCCC(OC[C@@H]1CC[C@@H]2[C@@H](C=C[C@@H](O)COc3cc(Cl)ccc3F)[C@H](O)C[C@@H]2OC1)C(=O)O. The third kappa shape index (κ3) is 7.39. The van der Waals surface area contributed by atoms with E-state index in [9.17, 15) is 24.5 Å². The van der Waals surface area contributed by atoms with Crippen molar-refractivity contribution in [2.75, 3.05) is 19.8 Å². The summed E-state index contributed by atoms with van der Waals surface area (Å²) in [6.07, 6.45) is 4.20. The lowest BCUT2D eigenvalue weighted by molar-refractivity contribution is -0.152. The third-order valence-corrected chi connectivity index (χ3v) is 6.80. The predicted octanol–water partition coefficient (Wildman–Crippen LogP) is 3.84. The largest absolute Gasteiger partial charge is 0.487 e. The lowest BCUT2D eigenvalue weighted by atomic mass is 9.87. The minimum absolute atomic E-state index is 0.0320. The van der Waals surface area contributed by atoms with Gasteiger partial charge >= 0.3 is 5.97 Å². The number of hydrogen-bond donors (Lipinski definition) is 3. The number of aliphatic hydroxyl groups excluding tert-OH is 2. The molecule has 0 spiro atoms. The highest BCUT2D eigenvalue weighted by molar-refractivity contribution is 6.30. The van der Waals surface area contributed by atoms with Crippen molar-refractivity contribution in [1.82, 2.24) is 0 Å². The number of carboxylic acid groups (broad SMARTS) is 1. The molecule has 190 valence electrons. The number of fused-ring (bicyclic) bond motifs is 1. The van der Waals surface area contributed by atoms with Crippen molar-refractivity contribution in [3.63, 3.8) is 0 Å². The Morgan fingerprint density at radius 1 is 1.38 bits per heavy atom. The van der Waals surface area contributed by atoms with Gasteiger partial charge in [-0.15, -0.1) is 0 Å². The second-order valence-corrected chi connectivity index (χ2v) is 9.58. The molecule has 7 atom stereocenters. The number of hydrogen-bond acceptors (Lipinski definition) is 6. The minimum Gasteiger partial charge on any atom is -0.487 e. The van der Waals surface area contributed by atoms with Gasteiger partial charge < -0.3 is 29.5 Å². The van der Waals surface area contributed by atoms with Crippen LogP contribution in [0.15, 0.2) is 30.4 Å². The van der Waals surface area contributed by atoms with Crippen LogP contribution in [-0.2, 0) is 14.3 Å². The van der Waals surface area contributed by atoms with E-state index in [1.165, 1.54) is 18.2 Å². The van der Waals surface area contributed by atoms with Gasteiger partial charge in [0.2, 0.25) is 0 Å². The zero-order valence-electron chi connectivity index (χ0n) is 19.3. The van der Waals surface area contributed by atoms with Crippen molar-refractivity contribution in [1.29, 1.82) is 0 Å². The summed E-state index contributed by atoms with van der Waals surface area (Å²) in [4.78, 5) is 11.3. The van der Waals surface area contributed by atoms with E-state index < -0.39 is 30.1 Å².